The summed E-state index contributed by atoms with van der Waals surface area (Å²) in [6, 6.07) is 13.2. The van der Waals surface area contributed by atoms with Crippen LogP contribution in [0.4, 0.5) is 5.69 Å². The molecular formula is C25H25N3O4. The van der Waals surface area contributed by atoms with Crippen LogP contribution in [0, 0.1) is 0 Å². The van der Waals surface area contributed by atoms with Gasteiger partial charge in [-0.15, -0.1) is 0 Å². The SMILES string of the molecule is CC1CCc2c(N3CCN(C(=O)c4ccccc4)CC3)ccc3c(=O)c(C(=O)O)cn1c23. The molecule has 7 nitrogen and oxygen atoms in total. The van der Waals surface area contributed by atoms with E-state index < -0.39 is 11.4 Å². The van der Waals surface area contributed by atoms with Crippen molar-refractivity contribution in [3.8, 4) is 0 Å². The Morgan fingerprint density at radius 2 is 1.72 bits per heavy atom. The summed E-state index contributed by atoms with van der Waals surface area (Å²) in [5.41, 5.74) is 3.11. The van der Waals surface area contributed by atoms with Crippen molar-refractivity contribution in [3.05, 3.63) is 75.6 Å². The van der Waals surface area contributed by atoms with E-state index in [1.807, 2.05) is 45.9 Å². The van der Waals surface area contributed by atoms with Gasteiger partial charge in [-0.2, -0.15) is 0 Å². The Morgan fingerprint density at radius 3 is 2.41 bits per heavy atom. The molecule has 2 aliphatic heterocycles. The largest absolute Gasteiger partial charge is 0.477 e. The molecule has 2 aromatic carbocycles. The van der Waals surface area contributed by atoms with Gasteiger partial charge in [0.1, 0.15) is 5.56 Å². The summed E-state index contributed by atoms with van der Waals surface area (Å²) in [7, 11) is 0. The van der Waals surface area contributed by atoms with Crippen LogP contribution in [-0.2, 0) is 6.42 Å². The second-order valence-electron chi connectivity index (χ2n) is 8.58. The van der Waals surface area contributed by atoms with E-state index in [1.54, 1.807) is 6.07 Å². The summed E-state index contributed by atoms with van der Waals surface area (Å²) >= 11 is 0. The number of piperazine rings is 1. The molecule has 1 amide bonds. The van der Waals surface area contributed by atoms with Gasteiger partial charge in [0.2, 0.25) is 5.43 Å². The van der Waals surface area contributed by atoms with Crippen molar-refractivity contribution < 1.29 is 14.7 Å². The maximum Gasteiger partial charge on any atom is 0.341 e. The van der Waals surface area contributed by atoms with Crippen LogP contribution in [0.3, 0.4) is 0 Å². The highest BCUT2D eigenvalue weighted by Gasteiger charge is 2.28. The highest BCUT2D eigenvalue weighted by molar-refractivity contribution is 5.96. The van der Waals surface area contributed by atoms with Crippen molar-refractivity contribution in [1.82, 2.24) is 9.47 Å². The first kappa shape index (κ1) is 20.3. The van der Waals surface area contributed by atoms with Gasteiger partial charge >= 0.3 is 5.97 Å². The van der Waals surface area contributed by atoms with Crippen molar-refractivity contribution in [2.24, 2.45) is 0 Å². The number of carboxylic acid groups (broad SMARTS) is 1. The average Bonchev–Trinajstić information content (AvgIpc) is 2.82. The molecule has 3 aromatic rings. The first-order valence-electron chi connectivity index (χ1n) is 11.0. The first-order valence-corrected chi connectivity index (χ1v) is 11.0. The molecule has 0 bridgehead atoms. The number of hydrogen-bond donors (Lipinski definition) is 1. The predicted molar refractivity (Wildman–Crippen MR) is 123 cm³/mol. The Bertz CT molecular complexity index is 1270. The van der Waals surface area contributed by atoms with E-state index >= 15 is 0 Å². The third-order valence-corrected chi connectivity index (χ3v) is 6.72. The molecule has 0 saturated carbocycles. The molecule has 1 saturated heterocycles. The Kier molecular flexibility index (Phi) is 4.96. The molecule has 7 heteroatoms. The van der Waals surface area contributed by atoms with E-state index in [4.69, 9.17) is 0 Å². The fourth-order valence-electron chi connectivity index (χ4n) is 4.96. The molecule has 1 fully saturated rings. The van der Waals surface area contributed by atoms with Crippen molar-refractivity contribution in [1.29, 1.82) is 0 Å². The van der Waals surface area contributed by atoms with Gasteiger partial charge in [0.25, 0.3) is 5.91 Å². The minimum atomic E-state index is -1.19. The molecule has 1 N–H and O–H groups in total. The highest BCUT2D eigenvalue weighted by atomic mass is 16.4. The number of aromatic nitrogens is 1. The van der Waals surface area contributed by atoms with Crippen LogP contribution < -0.4 is 10.3 Å². The molecule has 5 rings (SSSR count). The molecule has 32 heavy (non-hydrogen) atoms. The maximum absolute atomic E-state index is 12.8. The predicted octanol–water partition coefficient (Wildman–Crippen LogP) is 3.17. The van der Waals surface area contributed by atoms with Gasteiger partial charge in [-0.25, -0.2) is 4.79 Å². The lowest BCUT2D eigenvalue weighted by atomic mass is 9.94. The third kappa shape index (κ3) is 3.25. The van der Waals surface area contributed by atoms with E-state index in [9.17, 15) is 19.5 Å². The molecule has 0 aliphatic carbocycles. The molecule has 1 aromatic heterocycles. The lowest BCUT2D eigenvalue weighted by molar-refractivity contribution is 0.0693. The molecule has 2 aliphatic rings. The summed E-state index contributed by atoms with van der Waals surface area (Å²) < 4.78 is 1.96. The number of amides is 1. The van der Waals surface area contributed by atoms with Gasteiger partial charge in [0.15, 0.2) is 0 Å². The number of nitrogens with zero attached hydrogens (tertiary/aromatic N) is 3. The molecule has 1 atom stereocenters. The van der Waals surface area contributed by atoms with Gasteiger partial charge in [-0.05, 0) is 49.6 Å². The van der Waals surface area contributed by atoms with Crippen molar-refractivity contribution in [2.45, 2.75) is 25.8 Å². The normalized spacial score (nSPS) is 18.1. The Balaban J connectivity index is 1.48. The fourth-order valence-corrected chi connectivity index (χ4v) is 4.96. The van der Waals surface area contributed by atoms with Crippen LogP contribution in [-0.4, -0.2) is 52.6 Å². The summed E-state index contributed by atoms with van der Waals surface area (Å²) in [6.07, 6.45) is 3.22. The van der Waals surface area contributed by atoms with Crippen LogP contribution in [0.2, 0.25) is 0 Å². The number of carbonyl (C=O) groups is 2. The standard InChI is InChI=1S/C25H25N3O4/c1-16-7-8-18-21(10-9-19-22(18)28(16)15-20(23(19)29)25(31)32)26-11-13-27(14-12-26)24(30)17-5-3-2-4-6-17/h2-6,9-10,15-16H,7-8,11-14H2,1H3,(H,31,32). The number of anilines is 1. The average molecular weight is 431 g/mol. The zero-order valence-corrected chi connectivity index (χ0v) is 18.0. The third-order valence-electron chi connectivity index (χ3n) is 6.72. The summed E-state index contributed by atoms with van der Waals surface area (Å²) in [6.45, 7) is 4.74. The van der Waals surface area contributed by atoms with Gasteiger partial charge in [-0.1, -0.05) is 18.2 Å². The lowest BCUT2D eigenvalue weighted by Crippen LogP contribution is -2.49. The van der Waals surface area contributed by atoms with E-state index in [-0.39, 0.29) is 17.5 Å². The Labute approximate surface area is 185 Å². The first-order chi connectivity index (χ1) is 15.5. The van der Waals surface area contributed by atoms with E-state index in [2.05, 4.69) is 11.8 Å². The van der Waals surface area contributed by atoms with Crippen LogP contribution in [0.25, 0.3) is 10.9 Å². The van der Waals surface area contributed by atoms with Crippen LogP contribution >= 0.6 is 0 Å². The van der Waals surface area contributed by atoms with Gasteiger partial charge in [-0.3, -0.25) is 9.59 Å². The van der Waals surface area contributed by atoms with Gasteiger partial charge < -0.3 is 19.5 Å². The van der Waals surface area contributed by atoms with E-state index in [0.717, 1.165) is 29.6 Å². The number of aryl methyl sites for hydroxylation is 1. The Morgan fingerprint density at radius 1 is 1.00 bits per heavy atom. The summed E-state index contributed by atoms with van der Waals surface area (Å²) in [5, 5.41) is 9.94. The lowest BCUT2D eigenvalue weighted by Gasteiger charge is -2.38. The Hall–Kier alpha value is -3.61. The van der Waals surface area contributed by atoms with Crippen LogP contribution in [0.15, 0.2) is 53.5 Å². The second-order valence-corrected chi connectivity index (χ2v) is 8.58. The van der Waals surface area contributed by atoms with Crippen LogP contribution in [0.1, 0.15) is 45.7 Å². The van der Waals surface area contributed by atoms with Crippen LogP contribution in [0.5, 0.6) is 0 Å². The van der Waals surface area contributed by atoms with Gasteiger partial charge in [0, 0.05) is 55.1 Å². The minimum Gasteiger partial charge on any atom is -0.477 e. The van der Waals surface area contributed by atoms with E-state index in [1.165, 1.54) is 6.20 Å². The smallest absolute Gasteiger partial charge is 0.341 e. The number of rotatable bonds is 3. The monoisotopic (exact) mass is 431 g/mol. The minimum absolute atomic E-state index is 0.0500. The number of pyridine rings is 1. The van der Waals surface area contributed by atoms with Gasteiger partial charge in [0.05, 0.1) is 5.52 Å². The van der Waals surface area contributed by atoms with E-state index in [0.29, 0.717) is 37.1 Å². The number of carboxylic acids is 1. The number of aromatic carboxylic acids is 1. The molecule has 0 radical (unpaired) electrons. The van der Waals surface area contributed by atoms with Crippen molar-refractivity contribution in [3.63, 3.8) is 0 Å². The fraction of sp³-hybridized carbons (Fsp3) is 0.320. The second kappa shape index (κ2) is 7.82. The number of carbonyl (C=O) groups excluding carboxylic acids is 1. The summed E-state index contributed by atoms with van der Waals surface area (Å²) in [5.74, 6) is -1.14. The quantitative estimate of drug-likeness (QED) is 0.689. The molecule has 0 spiro atoms. The zero-order chi connectivity index (χ0) is 22.4. The maximum atomic E-state index is 12.8. The summed E-state index contributed by atoms with van der Waals surface area (Å²) in [4.78, 5) is 41.3. The zero-order valence-electron chi connectivity index (χ0n) is 18.0. The van der Waals surface area contributed by atoms with Crippen molar-refractivity contribution >= 4 is 28.5 Å². The van der Waals surface area contributed by atoms with Crippen molar-refractivity contribution in [2.75, 3.05) is 31.1 Å². The molecule has 1 unspecified atom stereocenters. The molecule has 164 valence electrons. The number of hydrogen-bond acceptors (Lipinski definition) is 4. The number of benzene rings is 2. The topological polar surface area (TPSA) is 82.8 Å². The highest BCUT2D eigenvalue weighted by Crippen LogP contribution is 2.36. The molecule has 3 heterocycles. The molecular weight excluding hydrogens is 406 g/mol.